The first kappa shape index (κ1) is 18.4. The van der Waals surface area contributed by atoms with Crippen molar-refractivity contribution in [2.75, 3.05) is 0 Å². The molecule has 0 amide bonds. The van der Waals surface area contributed by atoms with Crippen LogP contribution < -0.4 is 0 Å². The largest absolute Gasteiger partial charge is 0.455 e. The molecule has 0 saturated carbocycles. The predicted molar refractivity (Wildman–Crippen MR) is 89.2 cm³/mol. The van der Waals surface area contributed by atoms with Crippen molar-refractivity contribution in [2.45, 2.75) is 85.2 Å². The van der Waals surface area contributed by atoms with Gasteiger partial charge in [-0.2, -0.15) is 0 Å². The van der Waals surface area contributed by atoms with Gasteiger partial charge in [-0.25, -0.2) is 0 Å². The Morgan fingerprint density at radius 3 is 1.61 bits per heavy atom. The lowest BCUT2D eigenvalue weighted by Gasteiger charge is -2.37. The van der Waals surface area contributed by atoms with Crippen LogP contribution in [0.4, 0.5) is 0 Å². The Kier molecular flexibility index (Phi) is 8.03. The molecule has 0 bridgehead atoms. The van der Waals surface area contributed by atoms with E-state index in [1.54, 1.807) is 0 Å². The summed E-state index contributed by atoms with van der Waals surface area (Å²) in [7, 11) is -2.92. The molecule has 0 aliphatic heterocycles. The van der Waals surface area contributed by atoms with Gasteiger partial charge in [-0.3, -0.25) is 0 Å². The van der Waals surface area contributed by atoms with Crippen molar-refractivity contribution >= 4 is 16.6 Å². The Bertz CT molecular complexity index is 223. The maximum absolute atomic E-state index is 6.71. The second-order valence-electron chi connectivity index (χ2n) is 7.23. The summed E-state index contributed by atoms with van der Waals surface area (Å²) in [6.07, 6.45) is 3.90. The highest BCUT2D eigenvalue weighted by atomic mass is 28.4. The lowest BCUT2D eigenvalue weighted by atomic mass is 10.1. The third kappa shape index (κ3) is 7.75. The van der Waals surface area contributed by atoms with E-state index in [1.165, 1.54) is 31.4 Å². The van der Waals surface area contributed by atoms with Crippen LogP contribution in [0.15, 0.2) is 0 Å². The second-order valence-corrected chi connectivity index (χ2v) is 15.9. The first-order valence-corrected chi connectivity index (χ1v) is 14.1. The molecule has 1 atom stereocenters. The third-order valence-electron chi connectivity index (χ3n) is 4.02. The second kappa shape index (κ2) is 7.86. The van der Waals surface area contributed by atoms with E-state index in [1.807, 2.05) is 0 Å². The van der Waals surface area contributed by atoms with Crippen LogP contribution in [-0.4, -0.2) is 16.6 Å². The van der Waals surface area contributed by atoms with Crippen molar-refractivity contribution in [3.63, 3.8) is 0 Å². The van der Waals surface area contributed by atoms with Crippen molar-refractivity contribution in [1.82, 2.24) is 0 Å². The zero-order chi connectivity index (χ0) is 14.4. The zero-order valence-corrected chi connectivity index (χ0v) is 16.1. The molecule has 3 heteroatoms. The summed E-state index contributed by atoms with van der Waals surface area (Å²) >= 11 is 0. The molecule has 0 aromatic heterocycles. The SMILES string of the molecule is CCC(C)C[Si](C)(C)O[Si](C)(C)CC(CC)CC. The molecule has 0 radical (unpaired) electrons. The molecule has 0 aliphatic rings. The van der Waals surface area contributed by atoms with Crippen molar-refractivity contribution in [2.24, 2.45) is 11.8 Å². The summed E-state index contributed by atoms with van der Waals surface area (Å²) in [6.45, 7) is 19.0. The van der Waals surface area contributed by atoms with Gasteiger partial charge in [0.15, 0.2) is 16.6 Å². The van der Waals surface area contributed by atoms with E-state index in [-0.39, 0.29) is 0 Å². The van der Waals surface area contributed by atoms with Crippen LogP contribution in [0, 0.1) is 11.8 Å². The molecule has 0 spiro atoms. The first-order chi connectivity index (χ1) is 8.15. The van der Waals surface area contributed by atoms with E-state index in [0.29, 0.717) is 0 Å². The minimum absolute atomic E-state index is 0.824. The van der Waals surface area contributed by atoms with E-state index in [4.69, 9.17) is 4.12 Å². The molecular formula is C15H36OSi2. The Labute approximate surface area is 118 Å². The summed E-state index contributed by atoms with van der Waals surface area (Å²) in [6, 6.07) is 2.67. The van der Waals surface area contributed by atoms with Crippen LogP contribution in [0.1, 0.15) is 47.0 Å². The summed E-state index contributed by atoms with van der Waals surface area (Å²) in [4.78, 5) is 0. The van der Waals surface area contributed by atoms with Crippen LogP contribution in [0.25, 0.3) is 0 Å². The van der Waals surface area contributed by atoms with Crippen LogP contribution in [0.2, 0.25) is 38.3 Å². The van der Waals surface area contributed by atoms with Crippen molar-refractivity contribution in [3.05, 3.63) is 0 Å². The topological polar surface area (TPSA) is 9.23 Å². The average Bonchev–Trinajstić information content (AvgIpc) is 2.23. The lowest BCUT2D eigenvalue weighted by Crippen LogP contribution is -2.46. The third-order valence-corrected chi connectivity index (χ3v) is 11.7. The first-order valence-electron chi connectivity index (χ1n) is 7.86. The Balaban J connectivity index is 4.44. The number of rotatable bonds is 9. The molecule has 0 aromatic rings. The monoisotopic (exact) mass is 288 g/mol. The Hall–Kier alpha value is 0.394. The van der Waals surface area contributed by atoms with Gasteiger partial charge in [0.25, 0.3) is 0 Å². The fourth-order valence-corrected chi connectivity index (χ4v) is 13.7. The molecule has 0 N–H and O–H groups in total. The number of hydrogen-bond acceptors (Lipinski definition) is 1. The van der Waals surface area contributed by atoms with E-state index >= 15 is 0 Å². The Morgan fingerprint density at radius 1 is 0.778 bits per heavy atom. The molecule has 110 valence electrons. The molecule has 0 aromatic carbocycles. The van der Waals surface area contributed by atoms with Gasteiger partial charge in [-0.05, 0) is 50.1 Å². The van der Waals surface area contributed by atoms with Crippen LogP contribution >= 0.6 is 0 Å². The van der Waals surface area contributed by atoms with Gasteiger partial charge >= 0.3 is 0 Å². The van der Waals surface area contributed by atoms with Gasteiger partial charge in [0.05, 0.1) is 0 Å². The van der Waals surface area contributed by atoms with Crippen LogP contribution in [-0.2, 0) is 4.12 Å². The van der Waals surface area contributed by atoms with Gasteiger partial charge in [0.2, 0.25) is 0 Å². The van der Waals surface area contributed by atoms with E-state index in [0.717, 1.165) is 11.8 Å². The lowest BCUT2D eigenvalue weighted by molar-refractivity contribution is 0.466. The predicted octanol–water partition coefficient (Wildman–Crippen LogP) is 5.90. The maximum atomic E-state index is 6.71. The van der Waals surface area contributed by atoms with E-state index in [9.17, 15) is 0 Å². The van der Waals surface area contributed by atoms with Crippen molar-refractivity contribution in [1.29, 1.82) is 0 Å². The average molecular weight is 289 g/mol. The molecule has 1 nitrogen and oxygen atoms in total. The van der Waals surface area contributed by atoms with Crippen LogP contribution in [0.3, 0.4) is 0 Å². The molecule has 0 rings (SSSR count). The number of hydrogen-bond donors (Lipinski definition) is 0. The smallest absolute Gasteiger partial charge is 0.173 e. The summed E-state index contributed by atoms with van der Waals surface area (Å²) in [5, 5.41) is 0. The van der Waals surface area contributed by atoms with Crippen molar-refractivity contribution in [3.8, 4) is 0 Å². The van der Waals surface area contributed by atoms with Gasteiger partial charge in [-0.1, -0.05) is 47.0 Å². The fraction of sp³-hybridized carbons (Fsp3) is 1.00. The van der Waals surface area contributed by atoms with Gasteiger partial charge in [-0.15, -0.1) is 0 Å². The molecular weight excluding hydrogens is 252 g/mol. The molecule has 0 fully saturated rings. The maximum Gasteiger partial charge on any atom is 0.173 e. The Morgan fingerprint density at radius 2 is 1.22 bits per heavy atom. The van der Waals surface area contributed by atoms with Crippen molar-refractivity contribution < 1.29 is 4.12 Å². The van der Waals surface area contributed by atoms with E-state index < -0.39 is 16.6 Å². The highest BCUT2D eigenvalue weighted by molar-refractivity contribution is 6.84. The molecule has 18 heavy (non-hydrogen) atoms. The van der Waals surface area contributed by atoms with Crippen LogP contribution in [0.5, 0.6) is 0 Å². The van der Waals surface area contributed by atoms with Gasteiger partial charge in [0.1, 0.15) is 0 Å². The highest BCUT2D eigenvalue weighted by Gasteiger charge is 2.34. The van der Waals surface area contributed by atoms with Gasteiger partial charge < -0.3 is 4.12 Å². The quantitative estimate of drug-likeness (QED) is 0.480. The van der Waals surface area contributed by atoms with Gasteiger partial charge in [0, 0.05) is 0 Å². The summed E-state index contributed by atoms with van der Waals surface area (Å²) in [5.74, 6) is 1.70. The minimum Gasteiger partial charge on any atom is -0.455 e. The normalized spacial score (nSPS) is 15.2. The molecule has 0 saturated heterocycles. The molecule has 1 unspecified atom stereocenters. The standard InChI is InChI=1S/C15H36OSi2/c1-9-14(4)12-17(5,6)16-18(7,8)13-15(10-2)11-3/h14-15H,9-13H2,1-8H3. The minimum atomic E-state index is -1.46. The fourth-order valence-electron chi connectivity index (χ4n) is 3.09. The summed E-state index contributed by atoms with van der Waals surface area (Å²) in [5.41, 5.74) is 0. The summed E-state index contributed by atoms with van der Waals surface area (Å²) < 4.78 is 6.71. The van der Waals surface area contributed by atoms with E-state index in [2.05, 4.69) is 53.9 Å². The zero-order valence-electron chi connectivity index (χ0n) is 14.1. The highest BCUT2D eigenvalue weighted by Crippen LogP contribution is 2.29. The molecule has 0 heterocycles. The molecule has 0 aliphatic carbocycles.